The predicted octanol–water partition coefficient (Wildman–Crippen LogP) is 7.40. The van der Waals surface area contributed by atoms with Crippen molar-refractivity contribution in [3.05, 3.63) is 125 Å². The fourth-order valence-corrected chi connectivity index (χ4v) is 3.56. The number of hydrogen-bond acceptors (Lipinski definition) is 3. The van der Waals surface area contributed by atoms with Crippen molar-refractivity contribution in [1.82, 2.24) is 0 Å². The Balaban J connectivity index is 1.80. The molecule has 7 heteroatoms. The molecule has 0 atom stereocenters. The highest BCUT2D eigenvalue weighted by atomic mass is 19.4. The molecule has 0 amide bonds. The van der Waals surface area contributed by atoms with Gasteiger partial charge in [-0.1, -0.05) is 72.8 Å². The number of ether oxygens (including phenoxy) is 1. The van der Waals surface area contributed by atoms with Crippen LogP contribution in [0.5, 0.6) is 11.5 Å². The summed E-state index contributed by atoms with van der Waals surface area (Å²) in [5.74, 6) is -1.11. The maximum absolute atomic E-state index is 13.5. The Morgan fingerprint density at radius 2 is 1.32 bits per heavy atom. The van der Waals surface area contributed by atoms with Gasteiger partial charge in [0.1, 0.15) is 11.3 Å². The summed E-state index contributed by atoms with van der Waals surface area (Å²) in [4.78, 5) is 11.6. The third-order valence-corrected chi connectivity index (χ3v) is 5.21. The van der Waals surface area contributed by atoms with E-state index in [9.17, 15) is 23.1 Å². The molecule has 0 fully saturated rings. The monoisotopic (exact) mass is 463 g/mol. The first-order chi connectivity index (χ1) is 16.3. The third-order valence-electron chi connectivity index (χ3n) is 5.21. The molecule has 4 rings (SSSR count). The van der Waals surface area contributed by atoms with Gasteiger partial charge in [0.05, 0.1) is 17.3 Å². The smallest absolute Gasteiger partial charge is 0.416 e. The zero-order chi connectivity index (χ0) is 24.1. The van der Waals surface area contributed by atoms with Gasteiger partial charge in [0, 0.05) is 0 Å². The number of anilines is 1. The van der Waals surface area contributed by atoms with Gasteiger partial charge in [0.25, 0.3) is 0 Å². The lowest BCUT2D eigenvalue weighted by Crippen LogP contribution is -2.14. The van der Waals surface area contributed by atoms with Gasteiger partial charge in [-0.15, -0.1) is 0 Å². The standard InChI is InChI=1S/C27H20F3NO3/c28-27(29,30)20-15-16-24(34-23-14-8-7-13-21(23)26(32)33)22(17-20)31-25(18-9-3-1-4-10-18)19-11-5-2-6-12-19/h1-17,25,31H,(H,32,33). The number of carboxylic acid groups (broad SMARTS) is 1. The van der Waals surface area contributed by atoms with E-state index in [2.05, 4.69) is 5.32 Å². The highest BCUT2D eigenvalue weighted by Crippen LogP contribution is 2.40. The number of aromatic carboxylic acids is 1. The Hall–Kier alpha value is -4.26. The molecule has 4 aromatic rings. The van der Waals surface area contributed by atoms with Gasteiger partial charge in [-0.25, -0.2) is 4.79 Å². The molecule has 0 aromatic heterocycles. The second-order valence-corrected chi connectivity index (χ2v) is 7.51. The fraction of sp³-hybridized carbons (Fsp3) is 0.0741. The molecule has 0 aliphatic heterocycles. The van der Waals surface area contributed by atoms with Crippen LogP contribution in [-0.2, 0) is 6.18 Å². The summed E-state index contributed by atoms with van der Waals surface area (Å²) in [6.07, 6.45) is -4.57. The Bertz CT molecular complexity index is 1240. The van der Waals surface area contributed by atoms with E-state index in [0.29, 0.717) is 0 Å². The van der Waals surface area contributed by atoms with Crippen molar-refractivity contribution in [3.63, 3.8) is 0 Å². The lowest BCUT2D eigenvalue weighted by molar-refractivity contribution is -0.137. The minimum atomic E-state index is -4.57. The van der Waals surface area contributed by atoms with Crippen LogP contribution in [-0.4, -0.2) is 11.1 Å². The van der Waals surface area contributed by atoms with Crippen molar-refractivity contribution >= 4 is 11.7 Å². The van der Waals surface area contributed by atoms with Crippen molar-refractivity contribution in [2.45, 2.75) is 12.2 Å². The first kappa shape index (κ1) is 22.9. The molecule has 172 valence electrons. The van der Waals surface area contributed by atoms with E-state index in [4.69, 9.17) is 4.74 Å². The van der Waals surface area contributed by atoms with Crippen LogP contribution >= 0.6 is 0 Å². The van der Waals surface area contributed by atoms with Crippen molar-refractivity contribution in [3.8, 4) is 11.5 Å². The molecule has 4 nitrogen and oxygen atoms in total. The third kappa shape index (κ3) is 5.20. The van der Waals surface area contributed by atoms with Crippen LogP contribution in [0.25, 0.3) is 0 Å². The van der Waals surface area contributed by atoms with Gasteiger partial charge in [-0.05, 0) is 41.5 Å². The number of carboxylic acids is 1. The normalized spacial score (nSPS) is 11.3. The molecule has 0 unspecified atom stereocenters. The summed E-state index contributed by atoms with van der Waals surface area (Å²) in [6.45, 7) is 0. The van der Waals surface area contributed by atoms with Crippen LogP contribution < -0.4 is 10.1 Å². The van der Waals surface area contributed by atoms with Gasteiger partial charge in [-0.3, -0.25) is 0 Å². The van der Waals surface area contributed by atoms with Crippen LogP contribution in [0, 0.1) is 0 Å². The molecule has 0 aliphatic rings. The topological polar surface area (TPSA) is 58.6 Å². The van der Waals surface area contributed by atoms with Crippen LogP contribution in [0.4, 0.5) is 18.9 Å². The summed E-state index contributed by atoms with van der Waals surface area (Å²) in [7, 11) is 0. The zero-order valence-electron chi connectivity index (χ0n) is 17.8. The average molecular weight is 463 g/mol. The lowest BCUT2D eigenvalue weighted by Gasteiger charge is -2.24. The number of benzene rings is 4. The molecule has 0 saturated heterocycles. The predicted molar refractivity (Wildman–Crippen MR) is 123 cm³/mol. The molecule has 0 spiro atoms. The molecule has 2 N–H and O–H groups in total. The van der Waals surface area contributed by atoms with Crippen LogP contribution in [0.1, 0.15) is 33.1 Å². The minimum Gasteiger partial charge on any atom is -0.478 e. The summed E-state index contributed by atoms with van der Waals surface area (Å²) in [5.41, 5.74) is 0.795. The molecule has 0 heterocycles. The number of hydrogen-bond donors (Lipinski definition) is 2. The lowest BCUT2D eigenvalue weighted by atomic mass is 9.98. The van der Waals surface area contributed by atoms with E-state index < -0.39 is 23.8 Å². The SMILES string of the molecule is O=C(O)c1ccccc1Oc1ccc(C(F)(F)F)cc1NC(c1ccccc1)c1ccccc1. The molecular weight excluding hydrogens is 443 g/mol. The minimum absolute atomic E-state index is 0.0220. The van der Waals surface area contributed by atoms with Crippen molar-refractivity contribution in [2.24, 2.45) is 0 Å². The number of carbonyl (C=O) groups is 1. The molecule has 4 aromatic carbocycles. The highest BCUT2D eigenvalue weighted by Gasteiger charge is 2.32. The van der Waals surface area contributed by atoms with E-state index in [1.165, 1.54) is 18.2 Å². The number of nitrogens with one attached hydrogen (secondary N) is 1. The van der Waals surface area contributed by atoms with Gasteiger partial charge in [-0.2, -0.15) is 13.2 Å². The number of rotatable bonds is 7. The van der Waals surface area contributed by atoms with Gasteiger partial charge in [0.2, 0.25) is 0 Å². The Kier molecular flexibility index (Phi) is 6.54. The molecule has 0 radical (unpaired) electrons. The van der Waals surface area contributed by atoms with Crippen molar-refractivity contribution < 1.29 is 27.8 Å². The highest BCUT2D eigenvalue weighted by molar-refractivity contribution is 5.91. The van der Waals surface area contributed by atoms with Gasteiger partial charge in [0.15, 0.2) is 5.75 Å². The number of alkyl halides is 3. The first-order valence-electron chi connectivity index (χ1n) is 10.4. The van der Waals surface area contributed by atoms with Gasteiger partial charge >= 0.3 is 12.1 Å². The number of halogens is 3. The van der Waals surface area contributed by atoms with E-state index in [0.717, 1.165) is 23.3 Å². The van der Waals surface area contributed by atoms with E-state index in [-0.39, 0.29) is 22.7 Å². The van der Waals surface area contributed by atoms with Crippen LogP contribution in [0.3, 0.4) is 0 Å². The Morgan fingerprint density at radius 3 is 1.88 bits per heavy atom. The first-order valence-corrected chi connectivity index (χ1v) is 10.4. The maximum atomic E-state index is 13.5. The second-order valence-electron chi connectivity index (χ2n) is 7.51. The van der Waals surface area contributed by atoms with Crippen LogP contribution in [0.2, 0.25) is 0 Å². The molecule has 0 bridgehead atoms. The molecule has 0 aliphatic carbocycles. The van der Waals surface area contributed by atoms with Crippen molar-refractivity contribution in [2.75, 3.05) is 5.32 Å². The summed E-state index contributed by atoms with van der Waals surface area (Å²) in [6, 6.07) is 27.1. The van der Waals surface area contributed by atoms with E-state index in [1.54, 1.807) is 12.1 Å². The fourth-order valence-electron chi connectivity index (χ4n) is 3.56. The molecule has 0 saturated carbocycles. The summed E-state index contributed by atoms with van der Waals surface area (Å²) < 4.78 is 46.4. The Morgan fingerprint density at radius 1 is 0.765 bits per heavy atom. The maximum Gasteiger partial charge on any atom is 0.416 e. The largest absolute Gasteiger partial charge is 0.478 e. The van der Waals surface area contributed by atoms with E-state index in [1.807, 2.05) is 60.7 Å². The van der Waals surface area contributed by atoms with E-state index >= 15 is 0 Å². The van der Waals surface area contributed by atoms with Gasteiger partial charge < -0.3 is 15.2 Å². The second kappa shape index (κ2) is 9.70. The quantitative estimate of drug-likeness (QED) is 0.300. The molecular formula is C27H20F3NO3. The zero-order valence-corrected chi connectivity index (χ0v) is 17.8. The Labute approximate surface area is 194 Å². The van der Waals surface area contributed by atoms with Crippen molar-refractivity contribution in [1.29, 1.82) is 0 Å². The summed E-state index contributed by atoms with van der Waals surface area (Å²) in [5, 5.41) is 12.7. The molecule has 34 heavy (non-hydrogen) atoms. The average Bonchev–Trinajstić information content (AvgIpc) is 2.84. The number of para-hydroxylation sites is 1. The van der Waals surface area contributed by atoms with Crippen LogP contribution in [0.15, 0.2) is 103 Å². The summed E-state index contributed by atoms with van der Waals surface area (Å²) >= 11 is 0.